The number of aromatic amines is 1. The molecule has 1 N–H and O–H groups in total. The molecule has 10 heteroatoms. The summed E-state index contributed by atoms with van der Waals surface area (Å²) in [4.78, 5) is 29.7. The maximum absolute atomic E-state index is 13.2. The first-order chi connectivity index (χ1) is 14.6. The number of amides is 2. The van der Waals surface area contributed by atoms with Crippen LogP contribution in [-0.2, 0) is 16.0 Å². The lowest BCUT2D eigenvalue weighted by molar-refractivity contribution is -0.132. The summed E-state index contributed by atoms with van der Waals surface area (Å²) in [6, 6.07) is 5.18. The van der Waals surface area contributed by atoms with Crippen LogP contribution in [0.2, 0.25) is 0 Å². The van der Waals surface area contributed by atoms with Gasteiger partial charge in [0.15, 0.2) is 5.69 Å². The van der Waals surface area contributed by atoms with Crippen molar-refractivity contribution in [2.24, 2.45) is 5.92 Å². The molecule has 30 heavy (non-hydrogen) atoms. The molecule has 2 atom stereocenters. The van der Waals surface area contributed by atoms with Gasteiger partial charge >= 0.3 is 0 Å². The fourth-order valence-corrected chi connectivity index (χ4v) is 4.04. The molecule has 0 spiro atoms. The lowest BCUT2D eigenvalue weighted by Crippen LogP contribution is -2.48. The van der Waals surface area contributed by atoms with Gasteiger partial charge in [-0.3, -0.25) is 9.59 Å². The second-order valence-electron chi connectivity index (χ2n) is 7.52. The summed E-state index contributed by atoms with van der Waals surface area (Å²) in [6.07, 6.45) is 1.61. The number of H-pyrrole nitrogens is 1. The molecule has 2 aliphatic rings. The quantitative estimate of drug-likeness (QED) is 0.751. The topological polar surface area (TPSA) is 110 Å². The number of nitrogens with zero attached hydrogens (tertiary/aromatic N) is 4. The second-order valence-corrected chi connectivity index (χ2v) is 7.52. The van der Waals surface area contributed by atoms with Gasteiger partial charge in [0, 0.05) is 31.1 Å². The third kappa shape index (κ3) is 4.09. The molecule has 4 rings (SSSR count). The molecule has 1 aromatic carbocycles. The van der Waals surface area contributed by atoms with Crippen molar-refractivity contribution < 1.29 is 23.8 Å². The summed E-state index contributed by atoms with van der Waals surface area (Å²) < 4.78 is 16.5. The van der Waals surface area contributed by atoms with Gasteiger partial charge in [0.25, 0.3) is 5.91 Å². The summed E-state index contributed by atoms with van der Waals surface area (Å²) in [7, 11) is 3.17. The molecular weight excluding hydrogens is 390 g/mol. The van der Waals surface area contributed by atoms with Gasteiger partial charge in [-0.15, -0.1) is 0 Å². The summed E-state index contributed by atoms with van der Waals surface area (Å²) >= 11 is 0. The van der Waals surface area contributed by atoms with Gasteiger partial charge in [0.2, 0.25) is 5.91 Å². The van der Waals surface area contributed by atoms with E-state index in [0.29, 0.717) is 44.3 Å². The first-order valence-corrected chi connectivity index (χ1v) is 9.82. The molecule has 3 heterocycles. The molecule has 2 fully saturated rings. The number of aromatic nitrogens is 3. The normalized spacial score (nSPS) is 21.1. The number of carbonyl (C=O) groups excluding carboxylic acids is 2. The van der Waals surface area contributed by atoms with E-state index in [4.69, 9.17) is 14.2 Å². The van der Waals surface area contributed by atoms with Crippen LogP contribution in [0.5, 0.6) is 11.5 Å². The van der Waals surface area contributed by atoms with Crippen molar-refractivity contribution in [3.8, 4) is 11.5 Å². The summed E-state index contributed by atoms with van der Waals surface area (Å²) in [5.74, 6) is 1.13. The second kappa shape index (κ2) is 8.70. The Bertz CT molecular complexity index is 903. The van der Waals surface area contributed by atoms with Gasteiger partial charge in [-0.1, -0.05) is 0 Å². The monoisotopic (exact) mass is 415 g/mol. The molecule has 2 saturated heterocycles. The van der Waals surface area contributed by atoms with Crippen LogP contribution in [0, 0.1) is 5.92 Å². The largest absolute Gasteiger partial charge is 0.497 e. The highest BCUT2D eigenvalue weighted by molar-refractivity contribution is 5.92. The molecule has 0 saturated carbocycles. The number of rotatable bonds is 5. The van der Waals surface area contributed by atoms with Crippen molar-refractivity contribution in [3.63, 3.8) is 0 Å². The molecule has 2 aliphatic heterocycles. The minimum Gasteiger partial charge on any atom is -0.497 e. The highest BCUT2D eigenvalue weighted by Crippen LogP contribution is 2.26. The van der Waals surface area contributed by atoms with Gasteiger partial charge in [-0.05, 0) is 18.2 Å². The molecule has 0 unspecified atom stereocenters. The van der Waals surface area contributed by atoms with Crippen molar-refractivity contribution >= 4 is 11.8 Å². The number of carbonyl (C=O) groups is 2. The van der Waals surface area contributed by atoms with Gasteiger partial charge in [0.05, 0.1) is 46.1 Å². The Kier molecular flexibility index (Phi) is 5.84. The zero-order valence-electron chi connectivity index (χ0n) is 17.0. The van der Waals surface area contributed by atoms with E-state index in [0.717, 1.165) is 5.56 Å². The average molecular weight is 415 g/mol. The number of hydrogen-bond acceptors (Lipinski definition) is 7. The van der Waals surface area contributed by atoms with Crippen LogP contribution in [0.3, 0.4) is 0 Å². The molecule has 2 bridgehead atoms. The van der Waals surface area contributed by atoms with Crippen LogP contribution >= 0.6 is 0 Å². The highest BCUT2D eigenvalue weighted by atomic mass is 16.5. The lowest BCUT2D eigenvalue weighted by atomic mass is 10.1. The summed E-state index contributed by atoms with van der Waals surface area (Å²) in [6.45, 7) is 2.34. The van der Waals surface area contributed by atoms with Crippen LogP contribution in [0.15, 0.2) is 24.4 Å². The molecular formula is C20H25N5O5. The molecule has 0 aliphatic carbocycles. The Morgan fingerprint density at radius 3 is 2.80 bits per heavy atom. The average Bonchev–Trinajstić information content (AvgIpc) is 3.12. The maximum Gasteiger partial charge on any atom is 0.276 e. The zero-order chi connectivity index (χ0) is 21.1. The van der Waals surface area contributed by atoms with E-state index in [1.165, 1.54) is 6.20 Å². The Balaban J connectivity index is 1.52. The van der Waals surface area contributed by atoms with E-state index < -0.39 is 0 Å². The molecule has 0 radical (unpaired) electrons. The number of nitrogens with one attached hydrogen (secondary N) is 1. The zero-order valence-corrected chi connectivity index (χ0v) is 17.0. The van der Waals surface area contributed by atoms with Crippen LogP contribution in [0.25, 0.3) is 0 Å². The third-order valence-corrected chi connectivity index (χ3v) is 5.55. The number of fused-ring (bicyclic) bond motifs is 3. The third-order valence-electron chi connectivity index (χ3n) is 5.55. The first kappa shape index (κ1) is 20.1. The van der Waals surface area contributed by atoms with E-state index >= 15 is 0 Å². The highest BCUT2D eigenvalue weighted by Gasteiger charge is 2.38. The van der Waals surface area contributed by atoms with Crippen molar-refractivity contribution in [1.29, 1.82) is 0 Å². The van der Waals surface area contributed by atoms with E-state index in [-0.39, 0.29) is 35.9 Å². The molecule has 2 amide bonds. The Morgan fingerprint density at radius 2 is 2.07 bits per heavy atom. The Morgan fingerprint density at radius 1 is 1.20 bits per heavy atom. The van der Waals surface area contributed by atoms with E-state index in [1.807, 2.05) is 11.0 Å². The van der Waals surface area contributed by atoms with Crippen LogP contribution in [0.4, 0.5) is 0 Å². The number of methoxy groups -OCH3 is 2. The van der Waals surface area contributed by atoms with Crippen LogP contribution < -0.4 is 9.47 Å². The number of ether oxygens (including phenoxy) is 3. The lowest BCUT2D eigenvalue weighted by Gasteiger charge is -2.31. The van der Waals surface area contributed by atoms with Gasteiger partial charge in [-0.2, -0.15) is 15.4 Å². The van der Waals surface area contributed by atoms with E-state index in [9.17, 15) is 9.59 Å². The number of hydrogen-bond donors (Lipinski definition) is 1. The SMILES string of the molecule is COc1ccc(OC)c(CC(=O)N2C[C@@H]3COC[C@H](C2)N(C(=O)c2cn[nH]n2)C3)c1. The molecule has 160 valence electrons. The van der Waals surface area contributed by atoms with Crippen molar-refractivity contribution in [2.45, 2.75) is 12.5 Å². The van der Waals surface area contributed by atoms with E-state index in [1.54, 1.807) is 31.3 Å². The minimum atomic E-state index is -0.238. The van der Waals surface area contributed by atoms with Crippen molar-refractivity contribution in [3.05, 3.63) is 35.7 Å². The van der Waals surface area contributed by atoms with Gasteiger partial charge in [-0.25, -0.2) is 0 Å². The van der Waals surface area contributed by atoms with Gasteiger partial charge < -0.3 is 24.0 Å². The van der Waals surface area contributed by atoms with Crippen molar-refractivity contribution in [2.75, 3.05) is 47.1 Å². The molecule has 2 aromatic rings. The van der Waals surface area contributed by atoms with Crippen LogP contribution in [-0.4, -0.2) is 90.1 Å². The van der Waals surface area contributed by atoms with Crippen LogP contribution in [0.1, 0.15) is 16.1 Å². The predicted octanol–water partition coefficient (Wildman–Crippen LogP) is 0.364. The standard InChI is InChI=1S/C20H25N5O5/c1-28-16-3-4-18(29-2)14(5-16)6-19(26)24-8-13-9-25(15(10-24)12-30-11-13)20(27)17-7-21-23-22-17/h3-5,7,13,15H,6,8-12H2,1-2H3,(H,21,22,23)/t13-,15-/m0/s1. The molecule has 1 aromatic heterocycles. The predicted molar refractivity (Wildman–Crippen MR) is 105 cm³/mol. The summed E-state index contributed by atoms with van der Waals surface area (Å²) in [5.41, 5.74) is 1.03. The van der Waals surface area contributed by atoms with E-state index in [2.05, 4.69) is 15.4 Å². The summed E-state index contributed by atoms with van der Waals surface area (Å²) in [5, 5.41) is 10.1. The smallest absolute Gasteiger partial charge is 0.276 e. The fraction of sp³-hybridized carbons (Fsp3) is 0.500. The van der Waals surface area contributed by atoms with Crippen molar-refractivity contribution in [1.82, 2.24) is 25.2 Å². The molecule has 10 nitrogen and oxygen atoms in total. The Hall–Kier alpha value is -3.14. The maximum atomic E-state index is 13.2. The number of benzene rings is 1. The minimum absolute atomic E-state index is 0.0193. The first-order valence-electron chi connectivity index (χ1n) is 9.82. The van der Waals surface area contributed by atoms with Gasteiger partial charge in [0.1, 0.15) is 11.5 Å². The Labute approximate surface area is 174 Å². The fourth-order valence-electron chi connectivity index (χ4n) is 4.04.